The van der Waals surface area contributed by atoms with E-state index in [2.05, 4.69) is 6.58 Å². The molecule has 0 radical (unpaired) electrons. The van der Waals surface area contributed by atoms with Gasteiger partial charge in [-0.05, 0) is 73.9 Å². The van der Waals surface area contributed by atoms with Gasteiger partial charge in [0.25, 0.3) is 5.91 Å². The van der Waals surface area contributed by atoms with Gasteiger partial charge in [0, 0.05) is 5.69 Å². The number of amides is 1. The SMILES string of the molecule is C=CCOc1ccc(C2c3c(oc4ccc(C)cc4c3=O)C(=O)N2c2ccc(C)c(C)c2)cc1OC. The Morgan fingerprint density at radius 2 is 1.78 bits per heavy atom. The topological polar surface area (TPSA) is 69.0 Å². The smallest absolute Gasteiger partial charge is 0.295 e. The van der Waals surface area contributed by atoms with E-state index in [0.717, 1.165) is 16.7 Å². The van der Waals surface area contributed by atoms with Crippen LogP contribution < -0.4 is 19.8 Å². The first-order chi connectivity index (χ1) is 17.3. The predicted molar refractivity (Wildman–Crippen MR) is 140 cm³/mol. The maximum atomic E-state index is 13.9. The second-order valence-corrected chi connectivity index (χ2v) is 9.03. The van der Waals surface area contributed by atoms with E-state index in [1.807, 2.05) is 51.1 Å². The number of aryl methyl sites for hydroxylation is 3. The van der Waals surface area contributed by atoms with Crippen molar-refractivity contribution in [3.8, 4) is 11.5 Å². The molecule has 3 aromatic carbocycles. The Labute approximate surface area is 209 Å². The van der Waals surface area contributed by atoms with Crippen LogP contribution in [0.5, 0.6) is 11.5 Å². The lowest BCUT2D eigenvalue weighted by atomic mass is 9.97. The molecule has 4 aromatic rings. The molecule has 6 nitrogen and oxygen atoms in total. The van der Waals surface area contributed by atoms with E-state index >= 15 is 0 Å². The van der Waals surface area contributed by atoms with Gasteiger partial charge in [0.2, 0.25) is 5.76 Å². The fraction of sp³-hybridized carbons (Fsp3) is 0.200. The normalized spacial score (nSPS) is 14.7. The number of carbonyl (C=O) groups is 1. The highest BCUT2D eigenvalue weighted by Gasteiger charge is 2.44. The molecular formula is C30H27NO5. The van der Waals surface area contributed by atoms with Gasteiger partial charge in [0.05, 0.1) is 24.1 Å². The summed E-state index contributed by atoms with van der Waals surface area (Å²) < 4.78 is 17.4. The van der Waals surface area contributed by atoms with Gasteiger partial charge in [0.1, 0.15) is 12.2 Å². The van der Waals surface area contributed by atoms with Crippen LogP contribution in [0.25, 0.3) is 11.0 Å². The first-order valence-electron chi connectivity index (χ1n) is 11.7. The van der Waals surface area contributed by atoms with Gasteiger partial charge in [-0.1, -0.05) is 36.4 Å². The minimum atomic E-state index is -0.696. The van der Waals surface area contributed by atoms with Crippen molar-refractivity contribution in [1.82, 2.24) is 0 Å². The third-order valence-electron chi connectivity index (χ3n) is 6.65. The molecular weight excluding hydrogens is 454 g/mol. The lowest BCUT2D eigenvalue weighted by Crippen LogP contribution is -2.29. The molecule has 2 heterocycles. The molecule has 0 fully saturated rings. The number of fused-ring (bicyclic) bond motifs is 2. The number of ether oxygens (including phenoxy) is 2. The van der Waals surface area contributed by atoms with Gasteiger partial charge >= 0.3 is 0 Å². The maximum Gasteiger partial charge on any atom is 0.295 e. The highest BCUT2D eigenvalue weighted by atomic mass is 16.5. The van der Waals surface area contributed by atoms with E-state index in [1.165, 1.54) is 0 Å². The second kappa shape index (κ2) is 9.04. The van der Waals surface area contributed by atoms with E-state index in [9.17, 15) is 9.59 Å². The summed E-state index contributed by atoms with van der Waals surface area (Å²) in [6.07, 6.45) is 1.65. The van der Waals surface area contributed by atoms with Crippen LogP contribution in [0.2, 0.25) is 0 Å². The maximum absolute atomic E-state index is 13.9. The molecule has 182 valence electrons. The van der Waals surface area contributed by atoms with Crippen LogP contribution in [0.3, 0.4) is 0 Å². The Morgan fingerprint density at radius 3 is 2.50 bits per heavy atom. The largest absolute Gasteiger partial charge is 0.493 e. The summed E-state index contributed by atoms with van der Waals surface area (Å²) in [6.45, 7) is 9.95. The summed E-state index contributed by atoms with van der Waals surface area (Å²) in [5.41, 5.74) is 4.98. The number of carbonyl (C=O) groups excluding carboxylic acids is 1. The minimum Gasteiger partial charge on any atom is -0.493 e. The molecule has 0 bridgehead atoms. The molecule has 1 atom stereocenters. The zero-order valence-corrected chi connectivity index (χ0v) is 20.8. The second-order valence-electron chi connectivity index (χ2n) is 9.03. The highest BCUT2D eigenvalue weighted by Crippen LogP contribution is 2.43. The molecule has 5 rings (SSSR count). The molecule has 0 saturated carbocycles. The van der Waals surface area contributed by atoms with Crippen LogP contribution in [0.1, 0.15) is 44.4 Å². The standard InChI is InChI=1S/C30H27NO5/c1-6-13-35-24-12-9-20(16-25(24)34-5)27-26-28(32)22-14-17(2)7-11-23(22)36-29(26)30(33)31(27)21-10-8-18(3)19(4)15-21/h6-12,14-16,27H,1,13H2,2-5H3. The molecule has 0 saturated heterocycles. The van der Waals surface area contributed by atoms with Crippen molar-refractivity contribution >= 4 is 22.6 Å². The van der Waals surface area contributed by atoms with Crippen molar-refractivity contribution in [3.05, 3.63) is 111 Å². The fourth-order valence-corrected chi connectivity index (χ4v) is 4.67. The first-order valence-corrected chi connectivity index (χ1v) is 11.7. The van der Waals surface area contributed by atoms with Crippen molar-refractivity contribution < 1.29 is 18.7 Å². The van der Waals surface area contributed by atoms with Gasteiger partial charge in [-0.3, -0.25) is 14.5 Å². The van der Waals surface area contributed by atoms with Gasteiger partial charge in [-0.25, -0.2) is 0 Å². The van der Waals surface area contributed by atoms with E-state index in [1.54, 1.807) is 42.4 Å². The Hall–Kier alpha value is -4.32. The Kier molecular flexibility index (Phi) is 5.88. The number of nitrogens with zero attached hydrogens (tertiary/aromatic N) is 1. The number of rotatable bonds is 6. The molecule has 1 aromatic heterocycles. The predicted octanol–water partition coefficient (Wildman–Crippen LogP) is 6.04. The summed E-state index contributed by atoms with van der Waals surface area (Å²) >= 11 is 0. The third kappa shape index (κ3) is 3.75. The summed E-state index contributed by atoms with van der Waals surface area (Å²) in [7, 11) is 1.55. The van der Waals surface area contributed by atoms with Gasteiger partial charge in [-0.15, -0.1) is 0 Å². The van der Waals surface area contributed by atoms with Crippen molar-refractivity contribution in [2.24, 2.45) is 0 Å². The van der Waals surface area contributed by atoms with Crippen LogP contribution in [-0.2, 0) is 0 Å². The number of hydrogen-bond acceptors (Lipinski definition) is 5. The van der Waals surface area contributed by atoms with Crippen LogP contribution in [0.15, 0.2) is 76.5 Å². The molecule has 0 aliphatic carbocycles. The first kappa shape index (κ1) is 23.4. The minimum absolute atomic E-state index is 0.0607. The van der Waals surface area contributed by atoms with Crippen LogP contribution >= 0.6 is 0 Å². The van der Waals surface area contributed by atoms with Crippen molar-refractivity contribution in [2.45, 2.75) is 26.8 Å². The molecule has 1 aliphatic rings. The number of methoxy groups -OCH3 is 1. The summed E-state index contributed by atoms with van der Waals surface area (Å²) in [6, 6.07) is 16.0. The Balaban J connectivity index is 1.77. The number of benzene rings is 3. The molecule has 0 N–H and O–H groups in total. The van der Waals surface area contributed by atoms with Crippen LogP contribution in [-0.4, -0.2) is 19.6 Å². The fourth-order valence-electron chi connectivity index (χ4n) is 4.67. The summed E-state index contributed by atoms with van der Waals surface area (Å²) in [5, 5.41) is 0.450. The van der Waals surface area contributed by atoms with Crippen molar-refractivity contribution in [2.75, 3.05) is 18.6 Å². The molecule has 1 unspecified atom stereocenters. The average molecular weight is 482 g/mol. The zero-order valence-electron chi connectivity index (χ0n) is 20.8. The Bertz CT molecular complexity index is 1580. The van der Waals surface area contributed by atoms with E-state index in [-0.39, 0.29) is 17.1 Å². The number of hydrogen-bond donors (Lipinski definition) is 0. The molecule has 1 aliphatic heterocycles. The Morgan fingerprint density at radius 1 is 0.972 bits per heavy atom. The van der Waals surface area contributed by atoms with E-state index in [4.69, 9.17) is 13.9 Å². The number of anilines is 1. The van der Waals surface area contributed by atoms with Crippen LogP contribution in [0.4, 0.5) is 5.69 Å². The van der Waals surface area contributed by atoms with Crippen molar-refractivity contribution in [1.29, 1.82) is 0 Å². The van der Waals surface area contributed by atoms with E-state index in [0.29, 0.717) is 45.9 Å². The van der Waals surface area contributed by atoms with Gasteiger partial charge in [0.15, 0.2) is 16.9 Å². The monoisotopic (exact) mass is 481 g/mol. The molecule has 1 amide bonds. The quantitative estimate of drug-likeness (QED) is 0.314. The van der Waals surface area contributed by atoms with E-state index < -0.39 is 6.04 Å². The van der Waals surface area contributed by atoms with Crippen LogP contribution in [0, 0.1) is 20.8 Å². The van der Waals surface area contributed by atoms with Gasteiger partial charge in [-0.2, -0.15) is 0 Å². The average Bonchev–Trinajstić information content (AvgIpc) is 3.17. The van der Waals surface area contributed by atoms with Crippen molar-refractivity contribution in [3.63, 3.8) is 0 Å². The highest BCUT2D eigenvalue weighted by molar-refractivity contribution is 6.10. The molecule has 0 spiro atoms. The summed E-state index contributed by atoms with van der Waals surface area (Å²) in [5.74, 6) is 0.746. The molecule has 6 heteroatoms. The zero-order chi connectivity index (χ0) is 25.6. The van der Waals surface area contributed by atoms with Gasteiger partial charge < -0.3 is 13.9 Å². The summed E-state index contributed by atoms with van der Waals surface area (Å²) in [4.78, 5) is 29.3. The lowest BCUT2D eigenvalue weighted by Gasteiger charge is -2.26. The molecule has 36 heavy (non-hydrogen) atoms. The third-order valence-corrected chi connectivity index (χ3v) is 6.65. The lowest BCUT2D eigenvalue weighted by molar-refractivity contribution is 0.0971.